The highest BCUT2D eigenvalue weighted by Gasteiger charge is 2.06. The van der Waals surface area contributed by atoms with Crippen LogP contribution in [0.15, 0.2) is 34.9 Å². The molecule has 0 saturated heterocycles. The van der Waals surface area contributed by atoms with Crippen molar-refractivity contribution < 1.29 is 9.15 Å². The quantitative estimate of drug-likeness (QED) is 0.787. The molecule has 0 fully saturated rings. The molecule has 16 heavy (non-hydrogen) atoms. The van der Waals surface area contributed by atoms with E-state index in [9.17, 15) is 0 Å². The van der Waals surface area contributed by atoms with Crippen LogP contribution in [0.4, 0.5) is 0 Å². The number of aromatic nitrogens is 1. The molecule has 4 heteroatoms. The highest BCUT2D eigenvalue weighted by atomic mass is 16.5. The highest BCUT2D eigenvalue weighted by molar-refractivity contribution is 5.38. The van der Waals surface area contributed by atoms with Crippen molar-refractivity contribution in [3.63, 3.8) is 0 Å². The number of hydrogen-bond acceptors (Lipinski definition) is 4. The first-order valence-electron chi connectivity index (χ1n) is 4.82. The summed E-state index contributed by atoms with van der Waals surface area (Å²) in [5, 5.41) is 8.87. The van der Waals surface area contributed by atoms with E-state index in [0.717, 1.165) is 5.69 Å². The molecular weight excluding hydrogens is 204 g/mol. The fourth-order valence-electron chi connectivity index (χ4n) is 1.26. The summed E-state index contributed by atoms with van der Waals surface area (Å²) in [4.78, 5) is 4.16. The summed E-state index contributed by atoms with van der Waals surface area (Å²) in [5.41, 5.74) is 1.24. The van der Waals surface area contributed by atoms with Gasteiger partial charge in [-0.15, -0.1) is 0 Å². The monoisotopic (exact) mass is 214 g/mol. The van der Waals surface area contributed by atoms with E-state index in [-0.39, 0.29) is 6.61 Å². The van der Waals surface area contributed by atoms with Crippen molar-refractivity contribution >= 4 is 0 Å². The van der Waals surface area contributed by atoms with Crippen molar-refractivity contribution in [2.75, 3.05) is 0 Å². The van der Waals surface area contributed by atoms with E-state index < -0.39 is 0 Å². The summed E-state index contributed by atoms with van der Waals surface area (Å²) in [6.07, 6.45) is 1.58. The molecule has 0 aliphatic rings. The Balaban J connectivity index is 2.15. The molecule has 80 valence electrons. The molecule has 0 aromatic carbocycles. The van der Waals surface area contributed by atoms with Crippen LogP contribution < -0.4 is 4.74 Å². The van der Waals surface area contributed by atoms with Crippen LogP contribution in [0, 0.1) is 18.3 Å². The zero-order chi connectivity index (χ0) is 11.4. The second-order valence-electron chi connectivity index (χ2n) is 3.29. The number of ether oxygens (including phenoxy) is 1. The number of rotatable bonds is 3. The molecule has 0 saturated carbocycles. The van der Waals surface area contributed by atoms with Crippen molar-refractivity contribution in [2.24, 2.45) is 0 Å². The van der Waals surface area contributed by atoms with Crippen LogP contribution in [0.5, 0.6) is 5.88 Å². The zero-order valence-corrected chi connectivity index (χ0v) is 8.80. The third-order valence-corrected chi connectivity index (χ3v) is 2.05. The molecule has 0 N–H and O–H groups in total. The number of aryl methyl sites for hydroxylation is 1. The van der Waals surface area contributed by atoms with Crippen LogP contribution in [-0.2, 0) is 6.61 Å². The molecule has 0 bridgehead atoms. The number of nitriles is 1. The molecule has 2 rings (SSSR count). The van der Waals surface area contributed by atoms with Gasteiger partial charge in [0.15, 0.2) is 0 Å². The van der Waals surface area contributed by atoms with Gasteiger partial charge in [-0.05, 0) is 31.2 Å². The van der Waals surface area contributed by atoms with E-state index in [2.05, 4.69) is 4.98 Å². The second kappa shape index (κ2) is 4.49. The lowest BCUT2D eigenvalue weighted by atomic mass is 10.2. The SMILES string of the molecule is Cc1ccc(C#N)c(OCc2ccco2)n1. The van der Waals surface area contributed by atoms with Gasteiger partial charge in [-0.1, -0.05) is 0 Å². The maximum atomic E-state index is 8.87. The molecule has 0 unspecified atom stereocenters. The van der Waals surface area contributed by atoms with E-state index >= 15 is 0 Å². The Hall–Kier alpha value is -2.28. The van der Waals surface area contributed by atoms with Gasteiger partial charge in [0.05, 0.1) is 6.26 Å². The first kappa shape index (κ1) is 10.2. The summed E-state index contributed by atoms with van der Waals surface area (Å²) < 4.78 is 10.5. The van der Waals surface area contributed by atoms with Gasteiger partial charge in [-0.25, -0.2) is 4.98 Å². The van der Waals surface area contributed by atoms with Crippen LogP contribution in [0.2, 0.25) is 0 Å². The van der Waals surface area contributed by atoms with E-state index in [0.29, 0.717) is 17.2 Å². The van der Waals surface area contributed by atoms with Crippen molar-refractivity contribution in [1.82, 2.24) is 4.98 Å². The Kier molecular flexibility index (Phi) is 2.88. The van der Waals surface area contributed by atoms with Crippen LogP contribution in [0.25, 0.3) is 0 Å². The summed E-state index contributed by atoms with van der Waals surface area (Å²) in [6, 6.07) is 9.10. The molecule has 2 aromatic rings. The van der Waals surface area contributed by atoms with Gasteiger partial charge in [-0.3, -0.25) is 0 Å². The lowest BCUT2D eigenvalue weighted by Gasteiger charge is -2.05. The second-order valence-corrected chi connectivity index (χ2v) is 3.29. The average Bonchev–Trinajstić information content (AvgIpc) is 2.79. The van der Waals surface area contributed by atoms with E-state index in [4.69, 9.17) is 14.4 Å². The van der Waals surface area contributed by atoms with Gasteiger partial charge in [-0.2, -0.15) is 5.26 Å². The topological polar surface area (TPSA) is 59.0 Å². The van der Waals surface area contributed by atoms with Crippen molar-refractivity contribution in [2.45, 2.75) is 13.5 Å². The molecule has 0 amide bonds. The lowest BCUT2D eigenvalue weighted by Crippen LogP contribution is -1.99. The van der Waals surface area contributed by atoms with Crippen LogP contribution in [0.1, 0.15) is 17.0 Å². The molecule has 0 radical (unpaired) electrons. The van der Waals surface area contributed by atoms with Gasteiger partial charge >= 0.3 is 0 Å². The maximum absolute atomic E-state index is 8.87. The summed E-state index contributed by atoms with van der Waals surface area (Å²) in [6.45, 7) is 2.12. The molecule has 2 aromatic heterocycles. The molecule has 0 aliphatic heterocycles. The predicted molar refractivity (Wildman–Crippen MR) is 56.7 cm³/mol. The first-order chi connectivity index (χ1) is 7.79. The molecular formula is C12H10N2O2. The van der Waals surface area contributed by atoms with E-state index in [1.54, 1.807) is 24.5 Å². The minimum absolute atomic E-state index is 0.276. The van der Waals surface area contributed by atoms with E-state index in [1.807, 2.05) is 19.1 Å². The fourth-order valence-corrected chi connectivity index (χ4v) is 1.26. The van der Waals surface area contributed by atoms with Crippen molar-refractivity contribution in [3.05, 3.63) is 47.5 Å². The Morgan fingerprint density at radius 3 is 3.00 bits per heavy atom. The maximum Gasteiger partial charge on any atom is 0.232 e. The molecule has 4 nitrogen and oxygen atoms in total. The largest absolute Gasteiger partial charge is 0.469 e. The van der Waals surface area contributed by atoms with Gasteiger partial charge in [0, 0.05) is 5.69 Å². The number of furan rings is 1. The van der Waals surface area contributed by atoms with Gasteiger partial charge in [0.1, 0.15) is 24.0 Å². The van der Waals surface area contributed by atoms with Crippen molar-refractivity contribution in [3.8, 4) is 11.9 Å². The first-order valence-corrected chi connectivity index (χ1v) is 4.82. The summed E-state index contributed by atoms with van der Waals surface area (Å²) >= 11 is 0. The third-order valence-electron chi connectivity index (χ3n) is 2.05. The van der Waals surface area contributed by atoms with Crippen LogP contribution in [-0.4, -0.2) is 4.98 Å². The predicted octanol–water partition coefficient (Wildman–Crippen LogP) is 2.43. The number of hydrogen-bond donors (Lipinski definition) is 0. The minimum atomic E-state index is 0.276. The smallest absolute Gasteiger partial charge is 0.232 e. The lowest BCUT2D eigenvalue weighted by molar-refractivity contribution is 0.259. The number of pyridine rings is 1. The Bertz CT molecular complexity index is 512. The normalized spacial score (nSPS) is 9.75. The van der Waals surface area contributed by atoms with Gasteiger partial charge in [0.2, 0.25) is 5.88 Å². The van der Waals surface area contributed by atoms with Crippen molar-refractivity contribution in [1.29, 1.82) is 5.26 Å². The standard InChI is InChI=1S/C12H10N2O2/c1-9-4-5-10(7-13)12(14-9)16-8-11-3-2-6-15-11/h2-6H,8H2,1H3. The summed E-state index contributed by atoms with van der Waals surface area (Å²) in [7, 11) is 0. The third kappa shape index (κ3) is 2.20. The summed E-state index contributed by atoms with van der Waals surface area (Å²) in [5.74, 6) is 1.05. The highest BCUT2D eigenvalue weighted by Crippen LogP contribution is 2.16. The zero-order valence-electron chi connectivity index (χ0n) is 8.80. The molecule has 0 spiro atoms. The van der Waals surface area contributed by atoms with Crippen LogP contribution in [0.3, 0.4) is 0 Å². The fraction of sp³-hybridized carbons (Fsp3) is 0.167. The van der Waals surface area contributed by atoms with Gasteiger partial charge < -0.3 is 9.15 Å². The average molecular weight is 214 g/mol. The Labute approximate surface area is 93.1 Å². The number of nitrogens with zero attached hydrogens (tertiary/aromatic N) is 2. The minimum Gasteiger partial charge on any atom is -0.469 e. The Morgan fingerprint density at radius 2 is 2.31 bits per heavy atom. The molecule has 0 atom stereocenters. The van der Waals surface area contributed by atoms with Gasteiger partial charge in [0.25, 0.3) is 0 Å². The Morgan fingerprint density at radius 1 is 1.44 bits per heavy atom. The van der Waals surface area contributed by atoms with Crippen LogP contribution >= 0.6 is 0 Å². The van der Waals surface area contributed by atoms with E-state index in [1.165, 1.54) is 0 Å². The molecule has 2 heterocycles. The molecule has 0 aliphatic carbocycles.